The first kappa shape index (κ1) is 20.7. The standard InChI is InChI=1S/C15H25N3O2S2.ClH/c1-21-10-4-12(16)15(19)17-11-13(14-3-2-9-22-14)18-5-7-20-8-6-18;/h2-3,9,12-13H,4-8,10-11,16H2,1H3,(H,17,19);1H/t12-,13?;/m0./s1. The molecule has 0 aromatic carbocycles. The lowest BCUT2D eigenvalue weighted by atomic mass is 10.1. The lowest BCUT2D eigenvalue weighted by molar-refractivity contribution is -0.122. The zero-order chi connectivity index (χ0) is 15.8. The van der Waals surface area contributed by atoms with Gasteiger partial charge in [0.25, 0.3) is 0 Å². The van der Waals surface area contributed by atoms with Crippen LogP contribution in [-0.2, 0) is 9.53 Å². The molecule has 1 aromatic rings. The molecule has 1 aliphatic rings. The van der Waals surface area contributed by atoms with E-state index in [2.05, 4.69) is 27.7 Å². The predicted molar refractivity (Wildman–Crippen MR) is 101 cm³/mol. The van der Waals surface area contributed by atoms with Gasteiger partial charge in [-0.05, 0) is 29.9 Å². The third kappa shape index (κ3) is 6.60. The molecule has 8 heteroatoms. The van der Waals surface area contributed by atoms with E-state index in [-0.39, 0.29) is 24.4 Å². The Morgan fingerprint density at radius 2 is 2.26 bits per heavy atom. The maximum Gasteiger partial charge on any atom is 0.237 e. The number of thioether (sulfide) groups is 1. The minimum atomic E-state index is -0.416. The van der Waals surface area contributed by atoms with Crippen molar-refractivity contribution in [3.8, 4) is 0 Å². The van der Waals surface area contributed by atoms with Gasteiger partial charge in [-0.3, -0.25) is 9.69 Å². The maximum atomic E-state index is 12.1. The van der Waals surface area contributed by atoms with E-state index in [1.54, 1.807) is 23.1 Å². The number of rotatable bonds is 8. The fourth-order valence-electron chi connectivity index (χ4n) is 2.48. The van der Waals surface area contributed by atoms with E-state index in [0.717, 1.165) is 32.1 Å². The van der Waals surface area contributed by atoms with Crippen LogP contribution in [0.5, 0.6) is 0 Å². The molecule has 1 fully saturated rings. The number of nitrogens with zero attached hydrogens (tertiary/aromatic N) is 1. The minimum absolute atomic E-state index is 0. The van der Waals surface area contributed by atoms with Crippen LogP contribution >= 0.6 is 35.5 Å². The highest BCUT2D eigenvalue weighted by Gasteiger charge is 2.24. The average Bonchev–Trinajstić information content (AvgIpc) is 3.08. The molecule has 1 unspecified atom stereocenters. The number of carbonyl (C=O) groups excluding carboxylic acids is 1. The van der Waals surface area contributed by atoms with Crippen LogP contribution in [0.25, 0.3) is 0 Å². The largest absolute Gasteiger partial charge is 0.379 e. The molecule has 2 rings (SSSR count). The number of ether oxygens (including phenoxy) is 1. The van der Waals surface area contributed by atoms with E-state index < -0.39 is 6.04 Å². The summed E-state index contributed by atoms with van der Waals surface area (Å²) in [5, 5.41) is 5.11. The van der Waals surface area contributed by atoms with Gasteiger partial charge >= 0.3 is 0 Å². The van der Waals surface area contributed by atoms with Crippen LogP contribution in [0.3, 0.4) is 0 Å². The molecule has 132 valence electrons. The number of amides is 1. The average molecular weight is 380 g/mol. The van der Waals surface area contributed by atoms with Crippen LogP contribution in [-0.4, -0.2) is 61.7 Å². The number of nitrogens with one attached hydrogen (secondary N) is 1. The number of nitrogens with two attached hydrogens (primary N) is 1. The Morgan fingerprint density at radius 1 is 1.52 bits per heavy atom. The van der Waals surface area contributed by atoms with Gasteiger partial charge in [-0.1, -0.05) is 6.07 Å². The summed E-state index contributed by atoms with van der Waals surface area (Å²) in [5.41, 5.74) is 5.93. The highest BCUT2D eigenvalue weighted by Crippen LogP contribution is 2.25. The van der Waals surface area contributed by atoms with E-state index in [0.29, 0.717) is 13.0 Å². The molecule has 0 bridgehead atoms. The number of hydrogen-bond acceptors (Lipinski definition) is 6. The SMILES string of the molecule is CSCC[C@H](N)C(=O)NCC(c1cccs1)N1CCOCC1.Cl. The summed E-state index contributed by atoms with van der Waals surface area (Å²) in [6.45, 7) is 3.91. The van der Waals surface area contributed by atoms with Gasteiger partial charge < -0.3 is 15.8 Å². The smallest absolute Gasteiger partial charge is 0.237 e. The second-order valence-corrected chi connectivity index (χ2v) is 7.28. The van der Waals surface area contributed by atoms with Gasteiger partial charge in [0, 0.05) is 24.5 Å². The van der Waals surface area contributed by atoms with E-state index in [4.69, 9.17) is 10.5 Å². The van der Waals surface area contributed by atoms with Gasteiger partial charge in [0.05, 0.1) is 25.3 Å². The van der Waals surface area contributed by atoms with E-state index >= 15 is 0 Å². The van der Waals surface area contributed by atoms with Crippen LogP contribution in [0.15, 0.2) is 17.5 Å². The lowest BCUT2D eigenvalue weighted by Gasteiger charge is -2.34. The Balaban J connectivity index is 0.00000264. The molecule has 0 spiro atoms. The Bertz CT molecular complexity index is 442. The van der Waals surface area contributed by atoms with Gasteiger partial charge in [-0.2, -0.15) is 11.8 Å². The molecular formula is C15H26ClN3O2S2. The third-order valence-electron chi connectivity index (χ3n) is 3.80. The third-order valence-corrected chi connectivity index (χ3v) is 5.41. The first-order valence-electron chi connectivity index (χ1n) is 7.59. The quantitative estimate of drug-likeness (QED) is 0.720. The van der Waals surface area contributed by atoms with Crippen molar-refractivity contribution in [2.75, 3.05) is 44.9 Å². The molecule has 1 aromatic heterocycles. The molecule has 2 atom stereocenters. The van der Waals surface area contributed by atoms with Crippen LogP contribution in [0.4, 0.5) is 0 Å². The Kier molecular flexibility index (Phi) is 10.2. The second-order valence-electron chi connectivity index (χ2n) is 5.31. The van der Waals surface area contributed by atoms with Crippen molar-refractivity contribution in [2.45, 2.75) is 18.5 Å². The van der Waals surface area contributed by atoms with Crippen molar-refractivity contribution in [1.82, 2.24) is 10.2 Å². The molecular weight excluding hydrogens is 354 g/mol. The first-order valence-corrected chi connectivity index (χ1v) is 9.87. The van der Waals surface area contributed by atoms with Crippen molar-refractivity contribution < 1.29 is 9.53 Å². The van der Waals surface area contributed by atoms with Crippen LogP contribution in [0.2, 0.25) is 0 Å². The van der Waals surface area contributed by atoms with Crippen molar-refractivity contribution in [3.05, 3.63) is 22.4 Å². The zero-order valence-electron chi connectivity index (χ0n) is 13.4. The van der Waals surface area contributed by atoms with Crippen LogP contribution in [0.1, 0.15) is 17.3 Å². The fourth-order valence-corrected chi connectivity index (χ4v) is 3.83. The molecule has 0 saturated carbocycles. The highest BCUT2D eigenvalue weighted by molar-refractivity contribution is 7.98. The zero-order valence-corrected chi connectivity index (χ0v) is 15.9. The Labute approximate surface area is 152 Å². The number of carbonyl (C=O) groups is 1. The van der Waals surface area contributed by atoms with Crippen LogP contribution in [0, 0.1) is 0 Å². The minimum Gasteiger partial charge on any atom is -0.379 e. The molecule has 0 radical (unpaired) electrons. The molecule has 5 nitrogen and oxygen atoms in total. The summed E-state index contributed by atoms with van der Waals surface area (Å²) < 4.78 is 5.43. The first-order chi connectivity index (χ1) is 10.7. The maximum absolute atomic E-state index is 12.1. The van der Waals surface area contributed by atoms with Crippen LogP contribution < -0.4 is 11.1 Å². The van der Waals surface area contributed by atoms with Crippen molar-refractivity contribution >= 4 is 41.4 Å². The molecule has 1 aliphatic heterocycles. The van der Waals surface area contributed by atoms with Gasteiger partial charge in [-0.25, -0.2) is 0 Å². The predicted octanol–water partition coefficient (Wildman–Crippen LogP) is 1.74. The van der Waals surface area contributed by atoms with Crippen molar-refractivity contribution in [2.24, 2.45) is 5.73 Å². The molecule has 23 heavy (non-hydrogen) atoms. The Hall–Kier alpha value is -0.310. The second kappa shape index (κ2) is 11.3. The molecule has 2 heterocycles. The fraction of sp³-hybridized carbons (Fsp3) is 0.667. The molecule has 1 saturated heterocycles. The number of halogens is 1. The van der Waals surface area contributed by atoms with E-state index in [1.807, 2.05) is 6.26 Å². The van der Waals surface area contributed by atoms with Gasteiger partial charge in [0.2, 0.25) is 5.91 Å². The summed E-state index contributed by atoms with van der Waals surface area (Å²) in [5.74, 6) is 0.857. The normalized spacial score (nSPS) is 18.0. The lowest BCUT2D eigenvalue weighted by Crippen LogP contribution is -2.47. The van der Waals surface area contributed by atoms with Crippen molar-refractivity contribution in [3.63, 3.8) is 0 Å². The van der Waals surface area contributed by atoms with Gasteiger partial charge in [-0.15, -0.1) is 23.7 Å². The molecule has 3 N–H and O–H groups in total. The summed E-state index contributed by atoms with van der Waals surface area (Å²) in [4.78, 5) is 15.8. The summed E-state index contributed by atoms with van der Waals surface area (Å²) in [6.07, 6.45) is 2.74. The van der Waals surface area contributed by atoms with E-state index in [1.165, 1.54) is 4.88 Å². The topological polar surface area (TPSA) is 67.6 Å². The number of hydrogen-bond donors (Lipinski definition) is 2. The van der Waals surface area contributed by atoms with Gasteiger partial charge in [0.1, 0.15) is 0 Å². The number of morpholine rings is 1. The molecule has 0 aliphatic carbocycles. The summed E-state index contributed by atoms with van der Waals surface area (Å²) in [6, 6.07) is 3.98. The van der Waals surface area contributed by atoms with Gasteiger partial charge in [0.15, 0.2) is 0 Å². The summed E-state index contributed by atoms with van der Waals surface area (Å²) in [7, 11) is 0. The monoisotopic (exact) mass is 379 g/mol. The number of thiophene rings is 1. The van der Waals surface area contributed by atoms with Crippen molar-refractivity contribution in [1.29, 1.82) is 0 Å². The highest BCUT2D eigenvalue weighted by atomic mass is 35.5. The molecule has 1 amide bonds. The van der Waals surface area contributed by atoms with E-state index in [9.17, 15) is 4.79 Å². The summed E-state index contributed by atoms with van der Waals surface area (Å²) >= 11 is 3.44. The Morgan fingerprint density at radius 3 is 2.87 bits per heavy atom.